The predicted octanol–water partition coefficient (Wildman–Crippen LogP) is 3.27. The molecule has 0 saturated heterocycles. The first-order valence-electron chi connectivity index (χ1n) is 7.20. The summed E-state index contributed by atoms with van der Waals surface area (Å²) >= 11 is 1.55. The van der Waals surface area contributed by atoms with Crippen LogP contribution < -0.4 is 4.72 Å². The van der Waals surface area contributed by atoms with Gasteiger partial charge in [0.25, 0.3) is 0 Å². The maximum absolute atomic E-state index is 12.3. The highest BCUT2D eigenvalue weighted by atomic mass is 32.2. The first kappa shape index (κ1) is 17.1. The second-order valence-electron chi connectivity index (χ2n) is 6.30. The summed E-state index contributed by atoms with van der Waals surface area (Å²) in [7, 11) is -3.46. The number of thiazole rings is 1. The number of aromatic nitrogens is 1. The minimum absolute atomic E-state index is 0.0123. The van der Waals surface area contributed by atoms with Gasteiger partial charge in [0, 0.05) is 24.0 Å². The van der Waals surface area contributed by atoms with Crippen LogP contribution in [0.1, 0.15) is 37.0 Å². The maximum atomic E-state index is 12.3. The summed E-state index contributed by atoms with van der Waals surface area (Å²) in [6.45, 7) is 8.59. The summed E-state index contributed by atoms with van der Waals surface area (Å²) in [5.74, 6) is 0. The highest BCUT2D eigenvalue weighted by molar-refractivity contribution is 7.89. The molecule has 0 fully saturated rings. The Bertz CT molecular complexity index is 726. The van der Waals surface area contributed by atoms with Crippen molar-refractivity contribution in [2.75, 3.05) is 6.54 Å². The van der Waals surface area contributed by atoms with E-state index in [0.29, 0.717) is 17.9 Å². The van der Waals surface area contributed by atoms with Gasteiger partial charge in [0.1, 0.15) is 0 Å². The van der Waals surface area contributed by atoms with Gasteiger partial charge in [0.15, 0.2) is 0 Å². The predicted molar refractivity (Wildman–Crippen MR) is 90.9 cm³/mol. The average Bonchev–Trinajstić information content (AvgIpc) is 2.83. The lowest BCUT2D eigenvalue weighted by atomic mass is 9.87. The Kier molecular flexibility index (Phi) is 5.04. The minimum Gasteiger partial charge on any atom is -0.247 e. The zero-order valence-corrected chi connectivity index (χ0v) is 15.0. The second kappa shape index (κ2) is 6.48. The molecule has 0 radical (unpaired) electrons. The van der Waals surface area contributed by atoms with Gasteiger partial charge in [-0.25, -0.2) is 18.1 Å². The van der Waals surface area contributed by atoms with Crippen molar-refractivity contribution in [3.63, 3.8) is 0 Å². The lowest BCUT2D eigenvalue weighted by Crippen LogP contribution is -2.26. The highest BCUT2D eigenvalue weighted by Gasteiger charge is 2.17. The Morgan fingerprint density at radius 3 is 2.32 bits per heavy atom. The summed E-state index contributed by atoms with van der Waals surface area (Å²) < 4.78 is 27.2. The first-order chi connectivity index (χ1) is 10.2. The maximum Gasteiger partial charge on any atom is 0.240 e. The van der Waals surface area contributed by atoms with Crippen LogP contribution in [0, 0.1) is 6.92 Å². The normalized spacial score (nSPS) is 12.5. The molecule has 4 nitrogen and oxygen atoms in total. The number of aryl methyl sites for hydroxylation is 1. The molecule has 0 unspecified atom stereocenters. The van der Waals surface area contributed by atoms with Gasteiger partial charge in [-0.05, 0) is 30.0 Å². The Morgan fingerprint density at radius 1 is 1.18 bits per heavy atom. The summed E-state index contributed by atoms with van der Waals surface area (Å²) in [5, 5.41) is 2.91. The number of sulfonamides is 1. The fourth-order valence-corrected chi connectivity index (χ4v) is 3.84. The lowest BCUT2D eigenvalue weighted by Gasteiger charge is -2.19. The largest absolute Gasteiger partial charge is 0.247 e. The lowest BCUT2D eigenvalue weighted by molar-refractivity contribution is 0.578. The smallest absolute Gasteiger partial charge is 0.240 e. The third kappa shape index (κ3) is 4.38. The molecule has 2 rings (SSSR count). The van der Waals surface area contributed by atoms with E-state index >= 15 is 0 Å². The molecule has 0 aliphatic heterocycles. The topological polar surface area (TPSA) is 59.1 Å². The van der Waals surface area contributed by atoms with Gasteiger partial charge in [-0.15, -0.1) is 11.3 Å². The molecule has 0 amide bonds. The zero-order valence-electron chi connectivity index (χ0n) is 13.4. The summed E-state index contributed by atoms with van der Waals surface area (Å²) in [5.41, 5.74) is 2.10. The Labute approximate surface area is 136 Å². The molecule has 2 aromatic rings. The fraction of sp³-hybridized carbons (Fsp3) is 0.438. The molecule has 1 heterocycles. The van der Waals surface area contributed by atoms with Crippen molar-refractivity contribution in [1.82, 2.24) is 9.71 Å². The van der Waals surface area contributed by atoms with E-state index in [1.165, 1.54) is 0 Å². The van der Waals surface area contributed by atoms with Crippen LogP contribution in [0.25, 0.3) is 0 Å². The van der Waals surface area contributed by atoms with Crippen LogP contribution in [-0.4, -0.2) is 19.9 Å². The molecular formula is C16H22N2O2S2. The average molecular weight is 338 g/mol. The van der Waals surface area contributed by atoms with E-state index in [2.05, 4.69) is 30.5 Å². The van der Waals surface area contributed by atoms with E-state index in [1.807, 2.05) is 24.4 Å². The van der Waals surface area contributed by atoms with Crippen molar-refractivity contribution in [2.24, 2.45) is 0 Å². The summed E-state index contributed by atoms with van der Waals surface area (Å²) in [6.07, 6.45) is 0.609. The van der Waals surface area contributed by atoms with Gasteiger partial charge >= 0.3 is 0 Å². The van der Waals surface area contributed by atoms with Crippen molar-refractivity contribution in [1.29, 1.82) is 0 Å². The van der Waals surface area contributed by atoms with Crippen LogP contribution in [0.4, 0.5) is 0 Å². The Hall–Kier alpha value is -1.24. The van der Waals surface area contributed by atoms with Gasteiger partial charge in [-0.1, -0.05) is 32.9 Å². The molecule has 0 atom stereocenters. The zero-order chi connectivity index (χ0) is 16.4. The molecule has 22 heavy (non-hydrogen) atoms. The molecule has 1 aromatic heterocycles. The number of nitrogens with zero attached hydrogens (tertiary/aromatic N) is 1. The third-order valence-electron chi connectivity index (χ3n) is 3.33. The number of rotatable bonds is 5. The fourth-order valence-electron chi connectivity index (χ4n) is 2.03. The highest BCUT2D eigenvalue weighted by Crippen LogP contribution is 2.23. The van der Waals surface area contributed by atoms with E-state index in [4.69, 9.17) is 0 Å². The van der Waals surface area contributed by atoms with Crippen LogP contribution in [-0.2, 0) is 21.9 Å². The van der Waals surface area contributed by atoms with Crippen molar-refractivity contribution in [3.8, 4) is 0 Å². The molecule has 0 saturated carbocycles. The van der Waals surface area contributed by atoms with E-state index in [0.717, 1.165) is 16.3 Å². The summed E-state index contributed by atoms with van der Waals surface area (Å²) in [4.78, 5) is 4.63. The van der Waals surface area contributed by atoms with Crippen LogP contribution in [0.3, 0.4) is 0 Å². The second-order valence-corrected chi connectivity index (χ2v) is 9.01. The van der Waals surface area contributed by atoms with Gasteiger partial charge in [-0.2, -0.15) is 0 Å². The number of hydrogen-bond acceptors (Lipinski definition) is 4. The molecule has 0 aliphatic rings. The van der Waals surface area contributed by atoms with Crippen LogP contribution in [0.15, 0.2) is 34.5 Å². The van der Waals surface area contributed by atoms with Crippen molar-refractivity contribution in [2.45, 2.75) is 44.4 Å². The van der Waals surface area contributed by atoms with Crippen LogP contribution in [0.5, 0.6) is 0 Å². The molecule has 1 N–H and O–H groups in total. The number of nitrogens with one attached hydrogen (secondary N) is 1. The van der Waals surface area contributed by atoms with E-state index in [1.54, 1.807) is 23.5 Å². The number of hydrogen-bond donors (Lipinski definition) is 1. The minimum atomic E-state index is -3.46. The number of benzene rings is 1. The third-order valence-corrected chi connectivity index (χ3v) is 5.83. The summed E-state index contributed by atoms with van der Waals surface area (Å²) in [6, 6.07) is 7.07. The molecule has 6 heteroatoms. The quantitative estimate of drug-likeness (QED) is 0.910. The van der Waals surface area contributed by atoms with Gasteiger partial charge in [-0.3, -0.25) is 0 Å². The first-order valence-corrected chi connectivity index (χ1v) is 9.56. The van der Waals surface area contributed by atoms with Gasteiger partial charge in [0.05, 0.1) is 9.90 Å². The van der Waals surface area contributed by atoms with Crippen molar-refractivity contribution >= 4 is 21.4 Å². The van der Waals surface area contributed by atoms with E-state index < -0.39 is 10.0 Å². The molecule has 1 aromatic carbocycles. The molecular weight excluding hydrogens is 316 g/mol. The van der Waals surface area contributed by atoms with E-state index in [-0.39, 0.29) is 5.41 Å². The van der Waals surface area contributed by atoms with E-state index in [9.17, 15) is 8.42 Å². The molecule has 0 spiro atoms. The van der Waals surface area contributed by atoms with Crippen molar-refractivity contribution < 1.29 is 8.42 Å². The SMILES string of the molecule is Cc1csc(CCNS(=O)(=O)c2ccc(C(C)(C)C)cc2)n1. The molecule has 0 aliphatic carbocycles. The molecule has 120 valence electrons. The molecule has 0 bridgehead atoms. The standard InChI is InChI=1S/C16H22N2O2S2/c1-12-11-21-15(18-12)9-10-17-22(19,20)14-7-5-13(6-8-14)16(2,3)4/h5-8,11,17H,9-10H2,1-4H3. The van der Waals surface area contributed by atoms with Gasteiger partial charge in [0.2, 0.25) is 10.0 Å². The monoisotopic (exact) mass is 338 g/mol. The van der Waals surface area contributed by atoms with Crippen LogP contribution in [0.2, 0.25) is 0 Å². The Morgan fingerprint density at radius 2 is 1.82 bits per heavy atom. The van der Waals surface area contributed by atoms with Crippen molar-refractivity contribution in [3.05, 3.63) is 45.9 Å². The van der Waals surface area contributed by atoms with Gasteiger partial charge < -0.3 is 0 Å². The van der Waals surface area contributed by atoms with Crippen LogP contribution >= 0.6 is 11.3 Å². The Balaban J connectivity index is 2.00.